The van der Waals surface area contributed by atoms with E-state index in [-0.39, 0.29) is 0 Å². The van der Waals surface area contributed by atoms with Crippen molar-refractivity contribution in [3.63, 3.8) is 0 Å². The highest BCUT2D eigenvalue weighted by Crippen LogP contribution is 2.27. The molecule has 3 heterocycles. The van der Waals surface area contributed by atoms with Crippen LogP contribution in [0.5, 0.6) is 5.75 Å². The van der Waals surface area contributed by atoms with Gasteiger partial charge in [-0.15, -0.1) is 0 Å². The van der Waals surface area contributed by atoms with Crippen LogP contribution in [-0.2, 0) is 5.75 Å². The van der Waals surface area contributed by atoms with Gasteiger partial charge in [-0.25, -0.2) is 9.97 Å². The normalized spacial score (nSPS) is 11.4. The first-order valence-electron chi connectivity index (χ1n) is 9.98. The molecule has 0 aliphatic rings. The average Bonchev–Trinajstić information content (AvgIpc) is 3.40. The van der Waals surface area contributed by atoms with E-state index in [4.69, 9.17) is 4.74 Å². The molecular formula is C23H21N5OS2. The average molecular weight is 448 g/mol. The Balaban J connectivity index is 1.17. The quantitative estimate of drug-likeness (QED) is 0.238. The number of H-pyrrole nitrogens is 2. The Kier molecular flexibility index (Phi) is 5.82. The zero-order valence-electron chi connectivity index (χ0n) is 17.0. The lowest BCUT2D eigenvalue weighted by Gasteiger charge is -2.11. The van der Waals surface area contributed by atoms with Crippen molar-refractivity contribution in [3.8, 4) is 5.75 Å². The maximum absolute atomic E-state index is 6.04. The lowest BCUT2D eigenvalue weighted by molar-refractivity contribution is 0.340. The highest BCUT2D eigenvalue weighted by Gasteiger charge is 2.10. The van der Waals surface area contributed by atoms with Gasteiger partial charge < -0.3 is 14.7 Å². The fourth-order valence-electron chi connectivity index (χ4n) is 3.28. The number of rotatable bonds is 8. The van der Waals surface area contributed by atoms with E-state index in [9.17, 15) is 0 Å². The van der Waals surface area contributed by atoms with E-state index in [1.54, 1.807) is 23.5 Å². The van der Waals surface area contributed by atoms with Crippen LogP contribution >= 0.6 is 23.5 Å². The maximum Gasteiger partial charge on any atom is 0.166 e. The Bertz CT molecular complexity index is 1260. The fraction of sp³-hybridized carbons (Fsp3) is 0.174. The molecule has 0 saturated heterocycles. The van der Waals surface area contributed by atoms with Crippen LogP contribution < -0.4 is 4.74 Å². The van der Waals surface area contributed by atoms with Crippen LogP contribution in [0, 0.1) is 6.92 Å². The summed E-state index contributed by atoms with van der Waals surface area (Å²) in [4.78, 5) is 20.4. The molecule has 2 aromatic carbocycles. The van der Waals surface area contributed by atoms with E-state index < -0.39 is 0 Å². The minimum Gasteiger partial charge on any atom is -0.492 e. The molecule has 0 saturated carbocycles. The molecule has 5 aromatic rings. The predicted octanol–water partition coefficient (Wildman–Crippen LogP) is 5.61. The summed E-state index contributed by atoms with van der Waals surface area (Å²) in [6.45, 7) is 2.66. The Morgan fingerprint density at radius 2 is 1.48 bits per heavy atom. The lowest BCUT2D eigenvalue weighted by Crippen LogP contribution is -2.04. The minimum atomic E-state index is 0.600. The summed E-state index contributed by atoms with van der Waals surface area (Å²) in [6.07, 6.45) is 1.81. The molecule has 5 rings (SSSR count). The number of nitrogens with zero attached hydrogens (tertiary/aromatic N) is 3. The largest absolute Gasteiger partial charge is 0.492 e. The summed E-state index contributed by atoms with van der Waals surface area (Å²) >= 11 is 3.31. The summed E-state index contributed by atoms with van der Waals surface area (Å²) in [5.41, 5.74) is 6.15. The number of aromatic amines is 2. The molecule has 0 unspecified atom stereocenters. The predicted molar refractivity (Wildman–Crippen MR) is 127 cm³/mol. The molecule has 2 N–H and O–H groups in total. The van der Waals surface area contributed by atoms with Crippen molar-refractivity contribution >= 4 is 45.6 Å². The van der Waals surface area contributed by atoms with Crippen LogP contribution in [0.1, 0.15) is 11.3 Å². The number of aromatic nitrogens is 5. The van der Waals surface area contributed by atoms with Gasteiger partial charge in [0.25, 0.3) is 0 Å². The maximum atomic E-state index is 6.04. The summed E-state index contributed by atoms with van der Waals surface area (Å²) in [5.74, 6) is 2.42. The Hall–Kier alpha value is -2.97. The SMILES string of the molecule is Cc1c(OCCSc2nc3ccccc3[nH]2)ccnc1CSc1nc2ccccc2[nH]1. The molecule has 0 spiro atoms. The Morgan fingerprint density at radius 1 is 0.839 bits per heavy atom. The number of ether oxygens (including phenoxy) is 1. The number of imidazole rings is 2. The molecule has 3 aromatic heterocycles. The van der Waals surface area contributed by atoms with E-state index in [1.807, 2.05) is 60.8 Å². The van der Waals surface area contributed by atoms with Crippen LogP contribution in [0.25, 0.3) is 22.1 Å². The molecule has 8 heteroatoms. The first-order chi connectivity index (χ1) is 15.3. The van der Waals surface area contributed by atoms with Crippen molar-refractivity contribution in [2.45, 2.75) is 23.0 Å². The van der Waals surface area contributed by atoms with Crippen molar-refractivity contribution in [3.05, 3.63) is 72.1 Å². The molecule has 0 radical (unpaired) electrons. The fourth-order valence-corrected chi connectivity index (χ4v) is 4.90. The van der Waals surface area contributed by atoms with Gasteiger partial charge in [0.05, 0.1) is 34.4 Å². The molecule has 6 nitrogen and oxygen atoms in total. The van der Waals surface area contributed by atoms with Gasteiger partial charge in [-0.3, -0.25) is 4.98 Å². The summed E-state index contributed by atoms with van der Waals surface area (Å²) in [6, 6.07) is 18.0. The molecule has 0 amide bonds. The van der Waals surface area contributed by atoms with Crippen LogP contribution in [0.2, 0.25) is 0 Å². The number of thioether (sulfide) groups is 2. The van der Waals surface area contributed by atoms with Crippen LogP contribution in [0.3, 0.4) is 0 Å². The zero-order chi connectivity index (χ0) is 21.0. The lowest BCUT2D eigenvalue weighted by atomic mass is 10.2. The Labute approximate surface area is 188 Å². The topological polar surface area (TPSA) is 79.5 Å². The third kappa shape index (κ3) is 4.55. The molecular weight excluding hydrogens is 426 g/mol. The van der Waals surface area contributed by atoms with Crippen LogP contribution in [-0.4, -0.2) is 37.3 Å². The smallest absolute Gasteiger partial charge is 0.166 e. The third-order valence-corrected chi connectivity index (χ3v) is 6.64. The van der Waals surface area contributed by atoms with Gasteiger partial charge in [-0.05, 0) is 37.3 Å². The van der Waals surface area contributed by atoms with E-state index in [0.717, 1.165) is 60.9 Å². The highest BCUT2D eigenvalue weighted by atomic mass is 32.2. The second-order valence-electron chi connectivity index (χ2n) is 6.98. The number of nitrogens with one attached hydrogen (secondary N) is 2. The van der Waals surface area contributed by atoms with Crippen molar-refractivity contribution < 1.29 is 4.74 Å². The monoisotopic (exact) mass is 447 g/mol. The minimum absolute atomic E-state index is 0.600. The number of benzene rings is 2. The number of pyridine rings is 1. The molecule has 0 aliphatic carbocycles. The van der Waals surface area contributed by atoms with Gasteiger partial charge in [0.15, 0.2) is 10.3 Å². The van der Waals surface area contributed by atoms with Gasteiger partial charge >= 0.3 is 0 Å². The van der Waals surface area contributed by atoms with E-state index in [0.29, 0.717) is 6.61 Å². The molecule has 0 fully saturated rings. The van der Waals surface area contributed by atoms with Crippen LogP contribution in [0.15, 0.2) is 71.1 Å². The van der Waals surface area contributed by atoms with Gasteiger partial charge in [0, 0.05) is 23.3 Å². The number of fused-ring (bicyclic) bond motifs is 2. The Morgan fingerprint density at radius 3 is 2.16 bits per heavy atom. The van der Waals surface area contributed by atoms with E-state index >= 15 is 0 Å². The second-order valence-corrected chi connectivity index (χ2v) is 9.03. The summed E-state index contributed by atoms with van der Waals surface area (Å²) in [5, 5.41) is 1.81. The van der Waals surface area contributed by atoms with Crippen LogP contribution in [0.4, 0.5) is 0 Å². The summed E-state index contributed by atoms with van der Waals surface area (Å²) in [7, 11) is 0. The molecule has 0 bridgehead atoms. The molecule has 0 atom stereocenters. The molecule has 0 aliphatic heterocycles. The highest BCUT2D eigenvalue weighted by molar-refractivity contribution is 7.99. The summed E-state index contributed by atoms with van der Waals surface area (Å²) < 4.78 is 6.04. The molecule has 31 heavy (non-hydrogen) atoms. The second kappa shape index (κ2) is 9.03. The van der Waals surface area contributed by atoms with Gasteiger partial charge in [0.2, 0.25) is 0 Å². The number of para-hydroxylation sites is 4. The van der Waals surface area contributed by atoms with Gasteiger partial charge in [0.1, 0.15) is 5.75 Å². The zero-order valence-corrected chi connectivity index (χ0v) is 18.6. The first-order valence-corrected chi connectivity index (χ1v) is 12.0. The standard InChI is InChI=1S/C23H21N5OS2/c1-15-20(14-31-23-27-18-8-4-5-9-19(18)28-23)24-11-10-21(15)29-12-13-30-22-25-16-6-2-3-7-17(16)26-22/h2-11H,12-14H2,1H3,(H,25,26)(H,27,28). The van der Waals surface area contributed by atoms with Gasteiger partial charge in [-0.2, -0.15) is 0 Å². The van der Waals surface area contributed by atoms with Gasteiger partial charge in [-0.1, -0.05) is 47.8 Å². The van der Waals surface area contributed by atoms with Crippen molar-refractivity contribution in [1.29, 1.82) is 0 Å². The van der Waals surface area contributed by atoms with E-state index in [1.165, 1.54) is 0 Å². The van der Waals surface area contributed by atoms with Crippen molar-refractivity contribution in [1.82, 2.24) is 24.9 Å². The third-order valence-electron chi connectivity index (χ3n) is 4.92. The molecule has 156 valence electrons. The first kappa shape index (κ1) is 20.0. The van der Waals surface area contributed by atoms with E-state index in [2.05, 4.69) is 31.8 Å². The van der Waals surface area contributed by atoms with Crippen molar-refractivity contribution in [2.24, 2.45) is 0 Å². The number of hydrogen-bond donors (Lipinski definition) is 2. The number of hydrogen-bond acceptors (Lipinski definition) is 6. The van der Waals surface area contributed by atoms with Crippen molar-refractivity contribution in [2.75, 3.05) is 12.4 Å².